The van der Waals surface area contributed by atoms with E-state index < -0.39 is 12.5 Å². The number of ether oxygens (including phenoxy) is 1. The second-order valence-corrected chi connectivity index (χ2v) is 3.81. The van der Waals surface area contributed by atoms with Crippen molar-refractivity contribution in [2.24, 2.45) is 0 Å². The second-order valence-electron chi connectivity index (χ2n) is 3.43. The normalized spacial score (nSPS) is 10.5. The van der Waals surface area contributed by atoms with E-state index in [1.54, 1.807) is 6.07 Å². The van der Waals surface area contributed by atoms with Crippen LogP contribution in [0.15, 0.2) is 40.8 Å². The molecule has 100 valence electrons. The molecule has 0 atom stereocenters. The Morgan fingerprint density at radius 3 is 2.63 bits per heavy atom. The lowest BCUT2D eigenvalue weighted by atomic mass is 10.3. The van der Waals surface area contributed by atoms with E-state index in [0.717, 1.165) is 0 Å². The predicted octanol–water partition coefficient (Wildman–Crippen LogP) is 3.79. The lowest BCUT2D eigenvalue weighted by molar-refractivity contribution is -0.0493. The Kier molecular flexibility index (Phi) is 4.01. The van der Waals surface area contributed by atoms with Gasteiger partial charge in [0.25, 0.3) is 5.91 Å². The second kappa shape index (κ2) is 5.71. The van der Waals surface area contributed by atoms with Crippen molar-refractivity contribution in [2.75, 3.05) is 5.32 Å². The van der Waals surface area contributed by atoms with Crippen LogP contribution in [0.4, 0.5) is 14.5 Å². The minimum absolute atomic E-state index is 0.0307. The van der Waals surface area contributed by atoms with Crippen LogP contribution in [0.25, 0.3) is 0 Å². The molecule has 1 N–H and O–H groups in total. The van der Waals surface area contributed by atoms with Crippen molar-refractivity contribution in [1.29, 1.82) is 0 Å². The number of rotatable bonds is 4. The number of carbonyl (C=O) groups is 1. The smallest absolute Gasteiger partial charge is 0.387 e. The maximum atomic E-state index is 12.2. The number of anilines is 1. The molecule has 1 aromatic heterocycles. The van der Waals surface area contributed by atoms with E-state index in [1.165, 1.54) is 30.3 Å². The molecule has 0 bridgehead atoms. The van der Waals surface area contributed by atoms with Crippen LogP contribution in [-0.4, -0.2) is 12.5 Å². The van der Waals surface area contributed by atoms with Gasteiger partial charge in [-0.15, -0.1) is 0 Å². The summed E-state index contributed by atoms with van der Waals surface area (Å²) >= 11 is 5.54. The van der Waals surface area contributed by atoms with Gasteiger partial charge in [0.2, 0.25) is 0 Å². The summed E-state index contributed by atoms with van der Waals surface area (Å²) in [6.07, 6.45) is 0. The average molecular weight is 288 g/mol. The molecule has 0 spiro atoms. The van der Waals surface area contributed by atoms with Gasteiger partial charge in [0.1, 0.15) is 5.75 Å². The summed E-state index contributed by atoms with van der Waals surface area (Å²) in [6.45, 7) is -2.98. The molecule has 1 amide bonds. The number of halogens is 3. The first-order chi connectivity index (χ1) is 9.06. The number of para-hydroxylation sites is 2. The van der Waals surface area contributed by atoms with Crippen LogP contribution in [0, 0.1) is 0 Å². The molecule has 0 fully saturated rings. The predicted molar refractivity (Wildman–Crippen MR) is 64.7 cm³/mol. The summed E-state index contributed by atoms with van der Waals surface area (Å²) in [5.41, 5.74) is 0.111. The van der Waals surface area contributed by atoms with E-state index in [0.29, 0.717) is 0 Å². The summed E-state index contributed by atoms with van der Waals surface area (Å²) in [6, 6.07) is 8.60. The maximum Gasteiger partial charge on any atom is 0.387 e. The Bertz CT molecular complexity index is 586. The number of nitrogens with one attached hydrogen (secondary N) is 1. The summed E-state index contributed by atoms with van der Waals surface area (Å²) in [5.74, 6) is -0.780. The van der Waals surface area contributed by atoms with Crippen LogP contribution in [-0.2, 0) is 0 Å². The molecular weight excluding hydrogens is 280 g/mol. The topological polar surface area (TPSA) is 51.5 Å². The highest BCUT2D eigenvalue weighted by molar-refractivity contribution is 6.29. The third-order valence-electron chi connectivity index (χ3n) is 2.15. The first-order valence-corrected chi connectivity index (χ1v) is 5.54. The highest BCUT2D eigenvalue weighted by atomic mass is 35.5. The highest BCUT2D eigenvalue weighted by Gasteiger charge is 2.15. The molecule has 0 unspecified atom stereocenters. The third-order valence-corrected chi connectivity index (χ3v) is 2.35. The highest BCUT2D eigenvalue weighted by Crippen LogP contribution is 2.26. The Balaban J connectivity index is 2.16. The molecule has 0 saturated heterocycles. The molecule has 0 aliphatic carbocycles. The largest absolute Gasteiger partial charge is 0.440 e. The van der Waals surface area contributed by atoms with Crippen LogP contribution in [0.1, 0.15) is 10.6 Å². The molecule has 0 aliphatic rings. The average Bonchev–Trinajstić information content (AvgIpc) is 2.78. The first-order valence-electron chi connectivity index (χ1n) is 5.17. The van der Waals surface area contributed by atoms with E-state index in [9.17, 15) is 13.6 Å². The van der Waals surface area contributed by atoms with Crippen molar-refractivity contribution in [1.82, 2.24) is 0 Å². The monoisotopic (exact) mass is 287 g/mol. The molecule has 0 saturated carbocycles. The van der Waals surface area contributed by atoms with Gasteiger partial charge in [-0.25, -0.2) is 0 Å². The molecule has 0 aliphatic heterocycles. The zero-order valence-corrected chi connectivity index (χ0v) is 10.2. The van der Waals surface area contributed by atoms with Gasteiger partial charge in [0.15, 0.2) is 11.0 Å². The molecule has 7 heteroatoms. The van der Waals surface area contributed by atoms with Crippen molar-refractivity contribution < 1.29 is 22.7 Å². The van der Waals surface area contributed by atoms with Gasteiger partial charge in [0.05, 0.1) is 5.69 Å². The minimum Gasteiger partial charge on any atom is -0.440 e. The number of amides is 1. The molecular formula is C12H8ClF2NO3. The van der Waals surface area contributed by atoms with Crippen LogP contribution in [0.5, 0.6) is 5.75 Å². The van der Waals surface area contributed by atoms with Crippen LogP contribution < -0.4 is 10.1 Å². The third kappa shape index (κ3) is 3.45. The Labute approximate surface area is 111 Å². The van der Waals surface area contributed by atoms with Gasteiger partial charge >= 0.3 is 6.61 Å². The lowest BCUT2D eigenvalue weighted by Gasteiger charge is -2.10. The molecule has 19 heavy (non-hydrogen) atoms. The first kappa shape index (κ1) is 13.4. The van der Waals surface area contributed by atoms with Crippen LogP contribution >= 0.6 is 11.6 Å². The number of carbonyl (C=O) groups excluding carboxylic acids is 1. The zero-order valence-electron chi connectivity index (χ0n) is 9.40. The van der Waals surface area contributed by atoms with E-state index in [4.69, 9.17) is 16.0 Å². The zero-order chi connectivity index (χ0) is 13.8. The number of alkyl halides is 2. The van der Waals surface area contributed by atoms with Gasteiger partial charge in [0, 0.05) is 0 Å². The summed E-state index contributed by atoms with van der Waals surface area (Å²) in [7, 11) is 0. The quantitative estimate of drug-likeness (QED) is 0.931. The summed E-state index contributed by atoms with van der Waals surface area (Å²) in [4.78, 5) is 11.8. The van der Waals surface area contributed by atoms with Crippen molar-refractivity contribution in [3.8, 4) is 5.75 Å². The molecule has 4 nitrogen and oxygen atoms in total. The Morgan fingerprint density at radius 1 is 1.26 bits per heavy atom. The lowest BCUT2D eigenvalue weighted by Crippen LogP contribution is -2.13. The Hall–Kier alpha value is -2.08. The van der Waals surface area contributed by atoms with Gasteiger partial charge in [-0.1, -0.05) is 12.1 Å². The van der Waals surface area contributed by atoms with Crippen molar-refractivity contribution in [3.05, 3.63) is 47.4 Å². The van der Waals surface area contributed by atoms with E-state index in [1.807, 2.05) is 0 Å². The van der Waals surface area contributed by atoms with E-state index >= 15 is 0 Å². The molecule has 1 aromatic carbocycles. The number of hydrogen-bond acceptors (Lipinski definition) is 3. The number of benzene rings is 1. The molecule has 1 heterocycles. The van der Waals surface area contributed by atoms with Crippen molar-refractivity contribution in [3.63, 3.8) is 0 Å². The van der Waals surface area contributed by atoms with Gasteiger partial charge in [-0.3, -0.25) is 4.79 Å². The fourth-order valence-corrected chi connectivity index (χ4v) is 1.54. The summed E-state index contributed by atoms with van der Waals surface area (Å²) in [5, 5.41) is 2.45. The van der Waals surface area contributed by atoms with E-state index in [-0.39, 0.29) is 22.4 Å². The fourth-order valence-electron chi connectivity index (χ4n) is 1.39. The van der Waals surface area contributed by atoms with Crippen molar-refractivity contribution >= 4 is 23.2 Å². The Morgan fingerprint density at radius 2 is 2.00 bits per heavy atom. The van der Waals surface area contributed by atoms with E-state index in [2.05, 4.69) is 10.1 Å². The molecule has 2 rings (SSSR count). The van der Waals surface area contributed by atoms with Gasteiger partial charge < -0.3 is 14.5 Å². The van der Waals surface area contributed by atoms with Gasteiger partial charge in [-0.2, -0.15) is 8.78 Å². The fraction of sp³-hybridized carbons (Fsp3) is 0.0833. The SMILES string of the molecule is O=C(Nc1ccccc1OC(F)F)c1ccc(Cl)o1. The van der Waals surface area contributed by atoms with Gasteiger partial charge in [-0.05, 0) is 35.9 Å². The number of hydrogen-bond donors (Lipinski definition) is 1. The molecule has 0 radical (unpaired) electrons. The van der Waals surface area contributed by atoms with Crippen LogP contribution in [0.2, 0.25) is 5.22 Å². The maximum absolute atomic E-state index is 12.2. The van der Waals surface area contributed by atoms with Crippen molar-refractivity contribution in [2.45, 2.75) is 6.61 Å². The molecule has 2 aromatic rings. The van der Waals surface area contributed by atoms with Crippen LogP contribution in [0.3, 0.4) is 0 Å². The summed E-state index contributed by atoms with van der Waals surface area (Å²) < 4.78 is 33.6. The minimum atomic E-state index is -2.98. The standard InChI is InChI=1S/C12H8ClF2NO3/c13-10-6-5-9(18-10)11(17)16-7-3-1-2-4-8(7)19-12(14)15/h1-6,12H,(H,16,17). The number of furan rings is 1.